The Morgan fingerprint density at radius 2 is 1.86 bits per heavy atom. The molecule has 1 aliphatic heterocycles. The fraction of sp³-hybridized carbons (Fsp3) is 0.909. The highest BCUT2D eigenvalue weighted by Crippen LogP contribution is 2.50. The van der Waals surface area contributed by atoms with E-state index in [2.05, 4.69) is 32.0 Å². The zero-order valence-electron chi connectivity index (χ0n) is 9.21. The van der Waals surface area contributed by atoms with Crippen molar-refractivity contribution in [3.05, 3.63) is 0 Å². The molecule has 1 spiro atoms. The molecule has 0 aromatic heterocycles. The molecule has 3 nitrogen and oxygen atoms in total. The zero-order valence-corrected chi connectivity index (χ0v) is 9.21. The van der Waals surface area contributed by atoms with E-state index in [1.165, 1.54) is 0 Å². The van der Waals surface area contributed by atoms with Crippen molar-refractivity contribution >= 4 is 0 Å². The number of rotatable bonds is 1. The minimum atomic E-state index is -0.116. The van der Waals surface area contributed by atoms with E-state index in [9.17, 15) is 0 Å². The molecule has 1 heterocycles. The molecule has 1 saturated carbocycles. The van der Waals surface area contributed by atoms with Gasteiger partial charge in [-0.15, -0.1) is 0 Å². The molecule has 2 rings (SSSR count). The normalized spacial score (nSPS) is 46.6. The van der Waals surface area contributed by atoms with E-state index in [4.69, 9.17) is 10.00 Å². The minimum absolute atomic E-state index is 0.0513. The molecule has 0 aromatic carbocycles. The molecule has 0 radical (unpaired) electrons. The van der Waals surface area contributed by atoms with E-state index in [-0.39, 0.29) is 11.7 Å². The standard InChI is InChI=1S/C11H18N2O/c1-10(13(2)3)4-6-11(7-5-10)9(8-12)14-11/h9H,4-7H2,1-3H3. The van der Waals surface area contributed by atoms with Gasteiger partial charge in [0, 0.05) is 5.54 Å². The van der Waals surface area contributed by atoms with Crippen LogP contribution in [0.5, 0.6) is 0 Å². The summed E-state index contributed by atoms with van der Waals surface area (Å²) in [6.07, 6.45) is 4.24. The lowest BCUT2D eigenvalue weighted by molar-refractivity contribution is 0.0810. The van der Waals surface area contributed by atoms with Gasteiger partial charge >= 0.3 is 0 Å². The van der Waals surface area contributed by atoms with E-state index in [0.29, 0.717) is 5.54 Å². The first-order valence-corrected chi connectivity index (χ1v) is 5.27. The smallest absolute Gasteiger partial charge is 0.173 e. The first-order valence-electron chi connectivity index (χ1n) is 5.27. The lowest BCUT2D eigenvalue weighted by Crippen LogP contribution is -2.46. The van der Waals surface area contributed by atoms with E-state index in [1.807, 2.05) is 0 Å². The zero-order chi connectivity index (χ0) is 10.4. The Morgan fingerprint density at radius 3 is 2.21 bits per heavy atom. The van der Waals surface area contributed by atoms with Crippen LogP contribution in [0, 0.1) is 11.3 Å². The molecule has 1 saturated heterocycles. The van der Waals surface area contributed by atoms with Crippen molar-refractivity contribution in [1.29, 1.82) is 5.26 Å². The van der Waals surface area contributed by atoms with Gasteiger partial charge in [0.15, 0.2) is 6.10 Å². The van der Waals surface area contributed by atoms with Crippen LogP contribution in [0.2, 0.25) is 0 Å². The molecule has 0 bridgehead atoms. The number of ether oxygens (including phenoxy) is 1. The molecular weight excluding hydrogens is 176 g/mol. The van der Waals surface area contributed by atoms with Crippen LogP contribution in [0.25, 0.3) is 0 Å². The highest BCUT2D eigenvalue weighted by atomic mass is 16.6. The van der Waals surface area contributed by atoms with Crippen molar-refractivity contribution < 1.29 is 4.74 Å². The first kappa shape index (κ1) is 9.95. The summed E-state index contributed by atoms with van der Waals surface area (Å²) in [5, 5.41) is 8.78. The van der Waals surface area contributed by atoms with Gasteiger partial charge in [0.2, 0.25) is 0 Å². The second kappa shape index (κ2) is 2.95. The molecule has 78 valence electrons. The number of hydrogen-bond donors (Lipinski definition) is 0. The SMILES string of the molecule is CN(C)C1(C)CCC2(CC1)OC2C#N. The third-order valence-corrected chi connectivity index (χ3v) is 4.14. The second-order valence-corrected chi connectivity index (χ2v) is 5.08. The Morgan fingerprint density at radius 1 is 1.29 bits per heavy atom. The highest BCUT2D eigenvalue weighted by Gasteiger charge is 2.59. The third-order valence-electron chi connectivity index (χ3n) is 4.14. The maximum atomic E-state index is 8.78. The molecule has 3 heteroatoms. The summed E-state index contributed by atoms with van der Waals surface area (Å²) in [6.45, 7) is 2.30. The van der Waals surface area contributed by atoms with Crippen LogP contribution >= 0.6 is 0 Å². The number of hydrogen-bond acceptors (Lipinski definition) is 3. The second-order valence-electron chi connectivity index (χ2n) is 5.08. The lowest BCUT2D eigenvalue weighted by Gasteiger charge is -2.41. The summed E-state index contributed by atoms with van der Waals surface area (Å²) < 4.78 is 5.49. The van der Waals surface area contributed by atoms with Crippen molar-refractivity contribution in [2.45, 2.75) is 49.9 Å². The Labute approximate surface area is 85.6 Å². The Hall–Kier alpha value is -0.590. The van der Waals surface area contributed by atoms with Gasteiger partial charge in [-0.3, -0.25) is 0 Å². The average molecular weight is 194 g/mol. The van der Waals surface area contributed by atoms with Crippen LogP contribution in [0.1, 0.15) is 32.6 Å². The fourth-order valence-corrected chi connectivity index (χ4v) is 2.38. The van der Waals surface area contributed by atoms with Crippen LogP contribution < -0.4 is 0 Å². The molecule has 0 amide bonds. The van der Waals surface area contributed by atoms with Crippen LogP contribution in [-0.4, -0.2) is 36.2 Å². The summed E-state index contributed by atoms with van der Waals surface area (Å²) >= 11 is 0. The Bertz CT molecular complexity index is 272. The summed E-state index contributed by atoms with van der Waals surface area (Å²) in [7, 11) is 4.26. The van der Waals surface area contributed by atoms with Crippen LogP contribution in [0.3, 0.4) is 0 Å². The molecular formula is C11H18N2O. The van der Waals surface area contributed by atoms with Gasteiger partial charge in [-0.1, -0.05) is 0 Å². The number of nitriles is 1. The average Bonchev–Trinajstić information content (AvgIpc) is 2.85. The van der Waals surface area contributed by atoms with E-state index in [1.54, 1.807) is 0 Å². The number of nitrogens with zero attached hydrogens (tertiary/aromatic N) is 2. The summed E-state index contributed by atoms with van der Waals surface area (Å²) in [6, 6.07) is 2.22. The van der Waals surface area contributed by atoms with Crippen LogP contribution in [0.4, 0.5) is 0 Å². The van der Waals surface area contributed by atoms with Gasteiger partial charge < -0.3 is 9.64 Å². The fourth-order valence-electron chi connectivity index (χ4n) is 2.38. The summed E-state index contributed by atoms with van der Waals surface area (Å²) in [5.41, 5.74) is 0.251. The van der Waals surface area contributed by atoms with E-state index in [0.717, 1.165) is 25.7 Å². The van der Waals surface area contributed by atoms with Crippen molar-refractivity contribution in [2.24, 2.45) is 0 Å². The Balaban J connectivity index is 1.97. The largest absolute Gasteiger partial charge is 0.350 e. The van der Waals surface area contributed by atoms with E-state index >= 15 is 0 Å². The maximum Gasteiger partial charge on any atom is 0.173 e. The molecule has 1 aliphatic carbocycles. The van der Waals surface area contributed by atoms with Crippen LogP contribution in [-0.2, 0) is 4.74 Å². The van der Waals surface area contributed by atoms with Crippen molar-refractivity contribution in [3.63, 3.8) is 0 Å². The highest BCUT2D eigenvalue weighted by molar-refractivity contribution is 5.17. The predicted molar refractivity (Wildman–Crippen MR) is 53.8 cm³/mol. The van der Waals surface area contributed by atoms with E-state index < -0.39 is 0 Å². The molecule has 1 atom stereocenters. The summed E-state index contributed by atoms with van der Waals surface area (Å²) in [4.78, 5) is 2.30. The molecule has 2 aliphatic rings. The number of epoxide rings is 1. The maximum absolute atomic E-state index is 8.78. The minimum Gasteiger partial charge on any atom is -0.350 e. The van der Waals surface area contributed by atoms with Gasteiger partial charge in [-0.25, -0.2) is 0 Å². The molecule has 2 fully saturated rings. The monoisotopic (exact) mass is 194 g/mol. The molecule has 14 heavy (non-hydrogen) atoms. The van der Waals surface area contributed by atoms with Crippen molar-refractivity contribution in [3.8, 4) is 6.07 Å². The molecule has 1 unspecified atom stereocenters. The third kappa shape index (κ3) is 1.34. The summed E-state index contributed by atoms with van der Waals surface area (Å²) in [5.74, 6) is 0. The van der Waals surface area contributed by atoms with Gasteiger partial charge in [0.1, 0.15) is 5.60 Å². The molecule has 0 aromatic rings. The van der Waals surface area contributed by atoms with Crippen molar-refractivity contribution in [1.82, 2.24) is 4.90 Å². The first-order chi connectivity index (χ1) is 6.52. The van der Waals surface area contributed by atoms with Gasteiger partial charge in [0.05, 0.1) is 6.07 Å². The quantitative estimate of drug-likeness (QED) is 0.594. The van der Waals surface area contributed by atoms with Crippen LogP contribution in [0.15, 0.2) is 0 Å². The predicted octanol–water partition coefficient (Wildman–Crippen LogP) is 1.54. The van der Waals surface area contributed by atoms with Gasteiger partial charge in [0.25, 0.3) is 0 Å². The van der Waals surface area contributed by atoms with Crippen molar-refractivity contribution in [2.75, 3.05) is 14.1 Å². The topological polar surface area (TPSA) is 39.6 Å². The lowest BCUT2D eigenvalue weighted by atomic mass is 9.75. The molecule has 0 N–H and O–H groups in total. The van der Waals surface area contributed by atoms with Gasteiger partial charge in [-0.2, -0.15) is 5.26 Å². The Kier molecular flexibility index (Phi) is 2.09. The van der Waals surface area contributed by atoms with Gasteiger partial charge in [-0.05, 0) is 46.7 Å².